The molecule has 0 bridgehead atoms. The van der Waals surface area contributed by atoms with Gasteiger partial charge in [-0.25, -0.2) is 0 Å². The Kier molecular flexibility index (Phi) is 6.37. The third-order valence-corrected chi connectivity index (χ3v) is 4.23. The lowest BCUT2D eigenvalue weighted by Gasteiger charge is -2.22. The average molecular weight is 316 g/mol. The first-order valence-corrected chi connectivity index (χ1v) is 7.92. The van der Waals surface area contributed by atoms with E-state index in [0.29, 0.717) is 10.8 Å². The molecular formula is C15H22ClNO2S. The van der Waals surface area contributed by atoms with Gasteiger partial charge in [-0.15, -0.1) is 11.8 Å². The minimum absolute atomic E-state index is 0.0510. The quantitative estimate of drug-likeness (QED) is 0.875. The van der Waals surface area contributed by atoms with Crippen LogP contribution in [0.4, 0.5) is 0 Å². The van der Waals surface area contributed by atoms with Crippen molar-refractivity contribution in [3.63, 3.8) is 0 Å². The fourth-order valence-corrected chi connectivity index (χ4v) is 2.38. The molecule has 5 heteroatoms. The maximum atomic E-state index is 11.8. The van der Waals surface area contributed by atoms with E-state index in [4.69, 9.17) is 11.6 Å². The van der Waals surface area contributed by atoms with Gasteiger partial charge in [0.05, 0.1) is 17.9 Å². The Morgan fingerprint density at radius 2 is 1.90 bits per heavy atom. The van der Waals surface area contributed by atoms with E-state index < -0.39 is 6.10 Å². The molecule has 0 saturated carbocycles. The third-order valence-electron chi connectivity index (χ3n) is 2.71. The molecule has 0 aliphatic heterocycles. The van der Waals surface area contributed by atoms with Crippen molar-refractivity contribution in [3.8, 4) is 0 Å². The molecule has 0 aromatic heterocycles. The summed E-state index contributed by atoms with van der Waals surface area (Å²) in [6.45, 7) is 7.99. The van der Waals surface area contributed by atoms with Crippen molar-refractivity contribution in [2.75, 3.05) is 5.75 Å². The number of hydrogen-bond acceptors (Lipinski definition) is 3. The van der Waals surface area contributed by atoms with Gasteiger partial charge in [0.25, 0.3) is 0 Å². The maximum Gasteiger partial charge on any atom is 0.230 e. The summed E-state index contributed by atoms with van der Waals surface area (Å²) in [5.41, 5.74) is 0.741. The molecule has 0 saturated heterocycles. The summed E-state index contributed by atoms with van der Waals surface area (Å²) in [7, 11) is 0. The SMILES string of the molecule is CC(NC(=O)CSC(C)(C)C)C(O)c1ccc(Cl)cc1. The number of carbonyl (C=O) groups excluding carboxylic acids is 1. The molecule has 0 aliphatic rings. The van der Waals surface area contributed by atoms with E-state index in [1.807, 2.05) is 0 Å². The van der Waals surface area contributed by atoms with E-state index in [1.54, 1.807) is 43.0 Å². The summed E-state index contributed by atoms with van der Waals surface area (Å²) in [5.74, 6) is 0.326. The van der Waals surface area contributed by atoms with E-state index in [9.17, 15) is 9.90 Å². The lowest BCUT2D eigenvalue weighted by atomic mass is 10.0. The van der Waals surface area contributed by atoms with E-state index in [2.05, 4.69) is 26.1 Å². The number of thioether (sulfide) groups is 1. The standard InChI is InChI=1S/C15H22ClNO2S/c1-10(17-13(18)9-20-15(2,3)4)14(19)11-5-7-12(16)8-6-11/h5-8,10,14,19H,9H2,1-4H3,(H,17,18). The van der Waals surface area contributed by atoms with Crippen molar-refractivity contribution in [1.29, 1.82) is 0 Å². The van der Waals surface area contributed by atoms with Crippen LogP contribution < -0.4 is 5.32 Å². The second-order valence-corrected chi connectivity index (χ2v) is 7.99. The summed E-state index contributed by atoms with van der Waals surface area (Å²) >= 11 is 7.39. The first-order chi connectivity index (χ1) is 9.19. The van der Waals surface area contributed by atoms with Gasteiger partial charge in [0.15, 0.2) is 0 Å². The molecule has 1 aromatic carbocycles. The van der Waals surface area contributed by atoms with Crippen molar-refractivity contribution in [3.05, 3.63) is 34.9 Å². The summed E-state index contributed by atoms with van der Waals surface area (Å²) in [6, 6.07) is 6.64. The lowest BCUT2D eigenvalue weighted by Crippen LogP contribution is -2.38. The number of carbonyl (C=O) groups is 1. The highest BCUT2D eigenvalue weighted by Crippen LogP contribution is 2.23. The molecule has 0 radical (unpaired) electrons. The molecule has 0 spiro atoms. The van der Waals surface area contributed by atoms with Crippen LogP contribution in [0.3, 0.4) is 0 Å². The number of nitrogens with one attached hydrogen (secondary N) is 1. The molecule has 1 rings (SSSR count). The molecule has 112 valence electrons. The van der Waals surface area contributed by atoms with Gasteiger partial charge in [-0.05, 0) is 24.6 Å². The van der Waals surface area contributed by atoms with Gasteiger partial charge in [0, 0.05) is 9.77 Å². The second kappa shape index (κ2) is 7.34. The predicted octanol–water partition coefficient (Wildman–Crippen LogP) is 3.41. The smallest absolute Gasteiger partial charge is 0.230 e. The molecule has 0 heterocycles. The van der Waals surface area contributed by atoms with E-state index >= 15 is 0 Å². The molecule has 1 aromatic rings. The van der Waals surface area contributed by atoms with E-state index in [1.165, 1.54) is 0 Å². The fraction of sp³-hybridized carbons (Fsp3) is 0.533. The Morgan fingerprint density at radius 3 is 2.40 bits per heavy atom. The Labute approximate surface area is 130 Å². The zero-order valence-electron chi connectivity index (χ0n) is 12.3. The highest BCUT2D eigenvalue weighted by molar-refractivity contribution is 8.01. The van der Waals surface area contributed by atoms with Gasteiger partial charge in [0.2, 0.25) is 5.91 Å². The van der Waals surface area contributed by atoms with E-state index in [-0.39, 0.29) is 16.7 Å². The van der Waals surface area contributed by atoms with Crippen LogP contribution in [-0.2, 0) is 4.79 Å². The van der Waals surface area contributed by atoms with Crippen LogP contribution >= 0.6 is 23.4 Å². The van der Waals surface area contributed by atoms with Crippen LogP contribution in [0.15, 0.2) is 24.3 Å². The molecule has 2 atom stereocenters. The zero-order chi connectivity index (χ0) is 15.3. The highest BCUT2D eigenvalue weighted by atomic mass is 35.5. The maximum absolute atomic E-state index is 11.8. The fourth-order valence-electron chi connectivity index (χ4n) is 1.61. The van der Waals surface area contributed by atoms with E-state index in [0.717, 1.165) is 5.56 Å². The number of aliphatic hydroxyl groups excluding tert-OH is 1. The summed E-state index contributed by atoms with van der Waals surface area (Å²) in [4.78, 5) is 11.8. The van der Waals surface area contributed by atoms with Gasteiger partial charge in [-0.3, -0.25) is 4.79 Å². The van der Waals surface area contributed by atoms with Gasteiger partial charge in [-0.1, -0.05) is 44.5 Å². The Balaban J connectivity index is 2.51. The van der Waals surface area contributed by atoms with Crippen LogP contribution in [-0.4, -0.2) is 27.6 Å². The van der Waals surface area contributed by atoms with Crippen molar-refractivity contribution < 1.29 is 9.90 Å². The van der Waals surface area contributed by atoms with Crippen molar-refractivity contribution >= 4 is 29.3 Å². The van der Waals surface area contributed by atoms with Crippen LogP contribution in [0.2, 0.25) is 5.02 Å². The van der Waals surface area contributed by atoms with Gasteiger partial charge >= 0.3 is 0 Å². The minimum Gasteiger partial charge on any atom is -0.386 e. The number of halogens is 1. The molecule has 0 fully saturated rings. The molecule has 1 amide bonds. The van der Waals surface area contributed by atoms with Gasteiger partial charge in [-0.2, -0.15) is 0 Å². The first kappa shape index (κ1) is 17.3. The average Bonchev–Trinajstić information content (AvgIpc) is 2.35. The molecule has 3 nitrogen and oxygen atoms in total. The van der Waals surface area contributed by atoms with Crippen molar-refractivity contribution in [2.24, 2.45) is 0 Å². The zero-order valence-corrected chi connectivity index (χ0v) is 13.9. The van der Waals surface area contributed by atoms with Crippen molar-refractivity contribution in [1.82, 2.24) is 5.32 Å². The van der Waals surface area contributed by atoms with Crippen molar-refractivity contribution in [2.45, 2.75) is 44.6 Å². The Morgan fingerprint density at radius 1 is 1.35 bits per heavy atom. The number of amides is 1. The largest absolute Gasteiger partial charge is 0.386 e. The molecular weight excluding hydrogens is 294 g/mol. The van der Waals surface area contributed by atoms with Gasteiger partial charge < -0.3 is 10.4 Å². The third kappa shape index (κ3) is 6.16. The number of hydrogen-bond donors (Lipinski definition) is 2. The summed E-state index contributed by atoms with van der Waals surface area (Å²) in [5, 5.41) is 13.6. The molecule has 2 unspecified atom stereocenters. The highest BCUT2D eigenvalue weighted by Gasteiger charge is 2.20. The summed E-state index contributed by atoms with van der Waals surface area (Å²) in [6.07, 6.45) is -0.740. The van der Waals surface area contributed by atoms with Gasteiger partial charge in [0.1, 0.15) is 0 Å². The molecule has 0 aliphatic carbocycles. The normalized spacial score (nSPS) is 14.7. The lowest BCUT2D eigenvalue weighted by molar-refractivity contribution is -0.119. The predicted molar refractivity (Wildman–Crippen MR) is 86.2 cm³/mol. The Bertz CT molecular complexity index is 442. The topological polar surface area (TPSA) is 49.3 Å². The number of benzene rings is 1. The second-order valence-electron chi connectivity index (χ2n) is 5.75. The van der Waals surface area contributed by atoms with Crippen LogP contribution in [0.5, 0.6) is 0 Å². The number of aliphatic hydroxyl groups is 1. The molecule has 20 heavy (non-hydrogen) atoms. The summed E-state index contributed by atoms with van der Waals surface area (Å²) < 4.78 is 0.0510. The minimum atomic E-state index is -0.740. The van der Waals surface area contributed by atoms with Crippen LogP contribution in [0.25, 0.3) is 0 Å². The Hall–Kier alpha value is -0.710. The first-order valence-electron chi connectivity index (χ1n) is 6.56. The number of rotatable bonds is 5. The van der Waals surface area contributed by atoms with Crippen LogP contribution in [0, 0.1) is 0 Å². The molecule has 2 N–H and O–H groups in total. The monoisotopic (exact) mass is 315 g/mol. The van der Waals surface area contributed by atoms with Crippen LogP contribution in [0.1, 0.15) is 39.4 Å².